The molecule has 0 amide bonds. The minimum absolute atomic E-state index is 0.0696. The van der Waals surface area contributed by atoms with Crippen LogP contribution in [0.4, 0.5) is 15.8 Å². The van der Waals surface area contributed by atoms with Gasteiger partial charge in [0.25, 0.3) is 10.0 Å². The second-order valence-electron chi connectivity index (χ2n) is 3.91. The van der Waals surface area contributed by atoms with E-state index in [0.717, 1.165) is 12.1 Å². The second-order valence-corrected chi connectivity index (χ2v) is 6.85. The van der Waals surface area contributed by atoms with Gasteiger partial charge in [-0.1, -0.05) is 11.6 Å². The van der Waals surface area contributed by atoms with Crippen LogP contribution >= 0.6 is 27.5 Å². The molecule has 0 radical (unpaired) electrons. The maximum atomic E-state index is 13.0. The van der Waals surface area contributed by atoms with Gasteiger partial charge in [0.1, 0.15) is 10.7 Å². The summed E-state index contributed by atoms with van der Waals surface area (Å²) in [6, 6.07) is 7.73. The van der Waals surface area contributed by atoms with Crippen LogP contribution in [0.5, 0.6) is 0 Å². The fourth-order valence-electron chi connectivity index (χ4n) is 1.51. The van der Waals surface area contributed by atoms with Crippen molar-refractivity contribution < 1.29 is 12.8 Å². The molecule has 2 aromatic rings. The first-order valence-corrected chi connectivity index (χ1v) is 7.98. The van der Waals surface area contributed by atoms with Crippen LogP contribution in [-0.4, -0.2) is 8.42 Å². The molecule has 0 spiro atoms. The van der Waals surface area contributed by atoms with Gasteiger partial charge in [-0.15, -0.1) is 0 Å². The van der Waals surface area contributed by atoms with E-state index in [1.807, 2.05) is 0 Å². The molecule has 0 aliphatic rings. The fourth-order valence-corrected chi connectivity index (χ4v) is 3.57. The normalized spacial score (nSPS) is 11.3. The van der Waals surface area contributed by atoms with E-state index in [4.69, 9.17) is 17.3 Å². The molecule has 106 valence electrons. The summed E-state index contributed by atoms with van der Waals surface area (Å²) in [5, 5.41) is 0.248. The summed E-state index contributed by atoms with van der Waals surface area (Å²) in [5.41, 5.74) is 5.91. The third-order valence-electron chi connectivity index (χ3n) is 2.44. The molecule has 0 aromatic heterocycles. The van der Waals surface area contributed by atoms with Crippen molar-refractivity contribution in [2.75, 3.05) is 10.5 Å². The van der Waals surface area contributed by atoms with E-state index in [-0.39, 0.29) is 25.8 Å². The Bertz CT molecular complexity index is 768. The highest BCUT2D eigenvalue weighted by Gasteiger charge is 2.19. The molecule has 0 fully saturated rings. The average Bonchev–Trinajstić information content (AvgIpc) is 2.35. The second kappa shape index (κ2) is 5.59. The maximum Gasteiger partial charge on any atom is 0.264 e. The molecule has 0 aliphatic carbocycles. The van der Waals surface area contributed by atoms with Gasteiger partial charge in [0.05, 0.1) is 11.4 Å². The molecule has 4 nitrogen and oxygen atoms in total. The number of sulfonamides is 1. The van der Waals surface area contributed by atoms with Gasteiger partial charge >= 0.3 is 0 Å². The molecule has 2 rings (SSSR count). The molecule has 0 aliphatic heterocycles. The topological polar surface area (TPSA) is 72.2 Å². The zero-order valence-electron chi connectivity index (χ0n) is 9.90. The average molecular weight is 380 g/mol. The summed E-state index contributed by atoms with van der Waals surface area (Å²) in [4.78, 5) is -0.138. The van der Waals surface area contributed by atoms with E-state index in [9.17, 15) is 12.8 Å². The minimum Gasteiger partial charge on any atom is -0.398 e. The van der Waals surface area contributed by atoms with Crippen molar-refractivity contribution in [1.82, 2.24) is 0 Å². The fraction of sp³-hybridized carbons (Fsp3) is 0. The molecule has 0 saturated heterocycles. The Balaban J connectivity index is 2.43. The van der Waals surface area contributed by atoms with E-state index in [1.165, 1.54) is 24.3 Å². The minimum atomic E-state index is -3.91. The first-order valence-electron chi connectivity index (χ1n) is 5.32. The SMILES string of the molecule is Nc1ccc(Cl)cc1S(=O)(=O)Nc1ccc(F)cc1Br. The van der Waals surface area contributed by atoms with Crippen molar-refractivity contribution in [2.24, 2.45) is 0 Å². The summed E-state index contributed by atoms with van der Waals surface area (Å²) < 4.78 is 40.1. The zero-order chi connectivity index (χ0) is 14.9. The van der Waals surface area contributed by atoms with Crippen LogP contribution in [0.25, 0.3) is 0 Å². The first kappa shape index (κ1) is 15.1. The van der Waals surface area contributed by atoms with Crippen molar-refractivity contribution >= 4 is 48.9 Å². The molecular weight excluding hydrogens is 371 g/mol. The molecule has 8 heteroatoms. The van der Waals surface area contributed by atoms with Crippen LogP contribution in [0.2, 0.25) is 5.02 Å². The smallest absolute Gasteiger partial charge is 0.264 e. The first-order chi connectivity index (χ1) is 9.29. The predicted octanol–water partition coefficient (Wildman–Crippen LogP) is 3.62. The highest BCUT2D eigenvalue weighted by Crippen LogP contribution is 2.28. The van der Waals surface area contributed by atoms with Crippen LogP contribution in [0.3, 0.4) is 0 Å². The lowest BCUT2D eigenvalue weighted by Gasteiger charge is -2.11. The lowest BCUT2D eigenvalue weighted by molar-refractivity contribution is 0.601. The zero-order valence-corrected chi connectivity index (χ0v) is 13.1. The summed E-state index contributed by atoms with van der Waals surface area (Å²) in [6.45, 7) is 0. The summed E-state index contributed by atoms with van der Waals surface area (Å²) in [6.07, 6.45) is 0. The van der Waals surface area contributed by atoms with Gasteiger partial charge in [-0.2, -0.15) is 0 Å². The largest absolute Gasteiger partial charge is 0.398 e. The summed E-state index contributed by atoms with van der Waals surface area (Å²) >= 11 is 8.85. The van der Waals surface area contributed by atoms with Gasteiger partial charge in [-0.25, -0.2) is 12.8 Å². The Morgan fingerprint density at radius 2 is 1.90 bits per heavy atom. The Hall–Kier alpha value is -1.31. The third-order valence-corrected chi connectivity index (χ3v) is 4.75. The maximum absolute atomic E-state index is 13.0. The van der Waals surface area contributed by atoms with Crippen LogP contribution in [0, 0.1) is 5.82 Å². The van der Waals surface area contributed by atoms with Gasteiger partial charge in [0.2, 0.25) is 0 Å². The quantitative estimate of drug-likeness (QED) is 0.800. The van der Waals surface area contributed by atoms with Crippen LogP contribution in [0.15, 0.2) is 45.8 Å². The lowest BCUT2D eigenvalue weighted by atomic mass is 10.3. The summed E-state index contributed by atoms with van der Waals surface area (Å²) in [5.74, 6) is -0.484. The molecule has 3 N–H and O–H groups in total. The molecule has 0 unspecified atom stereocenters. The highest BCUT2D eigenvalue weighted by atomic mass is 79.9. The molecular formula is C12H9BrClFN2O2S. The number of nitrogen functional groups attached to an aromatic ring is 1. The number of hydrogen-bond donors (Lipinski definition) is 2. The van der Waals surface area contributed by atoms with Crippen LogP contribution in [-0.2, 0) is 10.0 Å². The van der Waals surface area contributed by atoms with Gasteiger partial charge in [0, 0.05) is 9.50 Å². The van der Waals surface area contributed by atoms with Crippen LogP contribution < -0.4 is 10.5 Å². The number of benzene rings is 2. The number of hydrogen-bond acceptors (Lipinski definition) is 3. The highest BCUT2D eigenvalue weighted by molar-refractivity contribution is 9.10. The third kappa shape index (κ3) is 3.23. The van der Waals surface area contributed by atoms with Crippen molar-refractivity contribution in [3.05, 3.63) is 51.7 Å². The Kier molecular flexibility index (Phi) is 4.22. The van der Waals surface area contributed by atoms with Gasteiger partial charge < -0.3 is 5.73 Å². The van der Waals surface area contributed by atoms with Gasteiger partial charge in [-0.05, 0) is 52.3 Å². The molecule has 2 aromatic carbocycles. The number of nitrogens with two attached hydrogens (primary N) is 1. The molecule has 0 atom stereocenters. The Morgan fingerprint density at radius 3 is 2.55 bits per heavy atom. The van der Waals surface area contributed by atoms with E-state index < -0.39 is 15.8 Å². The number of anilines is 2. The predicted molar refractivity (Wildman–Crippen MR) is 80.8 cm³/mol. The Morgan fingerprint density at radius 1 is 1.20 bits per heavy atom. The lowest BCUT2D eigenvalue weighted by Crippen LogP contribution is -2.15. The van der Waals surface area contributed by atoms with E-state index in [1.54, 1.807) is 0 Å². The number of rotatable bonds is 3. The molecule has 20 heavy (non-hydrogen) atoms. The molecule has 0 bridgehead atoms. The van der Waals surface area contributed by atoms with Crippen LogP contribution in [0.1, 0.15) is 0 Å². The molecule has 0 heterocycles. The van der Waals surface area contributed by atoms with E-state index in [2.05, 4.69) is 20.7 Å². The van der Waals surface area contributed by atoms with Crippen molar-refractivity contribution in [2.45, 2.75) is 4.90 Å². The van der Waals surface area contributed by atoms with Gasteiger partial charge in [-0.3, -0.25) is 4.72 Å². The summed E-state index contributed by atoms with van der Waals surface area (Å²) in [7, 11) is -3.91. The molecule has 0 saturated carbocycles. The van der Waals surface area contributed by atoms with E-state index >= 15 is 0 Å². The number of nitrogens with one attached hydrogen (secondary N) is 1. The standard InChI is InChI=1S/C12H9BrClFN2O2S/c13-9-6-8(15)2-4-11(9)17-20(18,19)12-5-7(14)1-3-10(12)16/h1-6,17H,16H2. The Labute approximate surface area is 128 Å². The van der Waals surface area contributed by atoms with Crippen molar-refractivity contribution in [3.8, 4) is 0 Å². The monoisotopic (exact) mass is 378 g/mol. The van der Waals surface area contributed by atoms with Crippen molar-refractivity contribution in [3.63, 3.8) is 0 Å². The van der Waals surface area contributed by atoms with Crippen molar-refractivity contribution in [1.29, 1.82) is 0 Å². The van der Waals surface area contributed by atoms with E-state index in [0.29, 0.717) is 0 Å². The van der Waals surface area contributed by atoms with Gasteiger partial charge in [0.15, 0.2) is 0 Å². The number of halogens is 3.